The molecule has 148 valence electrons. The second-order valence-corrected chi connectivity index (χ2v) is 7.83. The first-order valence-electron chi connectivity index (χ1n) is 8.67. The van der Waals surface area contributed by atoms with E-state index < -0.39 is 17.0 Å². The van der Waals surface area contributed by atoms with Crippen LogP contribution >= 0.6 is 11.8 Å². The Kier molecular flexibility index (Phi) is 4.74. The largest absolute Gasteiger partial charge is 0.457 e. The first kappa shape index (κ1) is 19.3. The van der Waals surface area contributed by atoms with Crippen molar-refractivity contribution in [3.63, 3.8) is 0 Å². The molecule has 1 aliphatic carbocycles. The highest BCUT2D eigenvalue weighted by Crippen LogP contribution is 2.44. The van der Waals surface area contributed by atoms with Gasteiger partial charge in [-0.15, -0.1) is 0 Å². The molecule has 1 fully saturated rings. The summed E-state index contributed by atoms with van der Waals surface area (Å²) < 4.78 is 45.5. The van der Waals surface area contributed by atoms with Crippen LogP contribution in [-0.2, 0) is 17.4 Å². The number of hydrogen-bond donors (Lipinski definition) is 1. The minimum Gasteiger partial charge on any atom is -0.457 e. The maximum Gasteiger partial charge on any atom is 0.418 e. The van der Waals surface area contributed by atoms with Gasteiger partial charge in [-0.3, -0.25) is 14.9 Å². The van der Waals surface area contributed by atoms with Gasteiger partial charge in [-0.2, -0.15) is 13.2 Å². The van der Waals surface area contributed by atoms with Crippen LogP contribution in [0.2, 0.25) is 0 Å². The molecule has 1 saturated heterocycles. The van der Waals surface area contributed by atoms with Gasteiger partial charge in [0, 0.05) is 5.92 Å². The first-order valence-corrected chi connectivity index (χ1v) is 9.55. The number of amides is 2. The number of carbonyl (C=O) groups is 2. The van der Waals surface area contributed by atoms with Crippen molar-refractivity contribution in [1.29, 1.82) is 0 Å². The van der Waals surface area contributed by atoms with Gasteiger partial charge in [0.05, 0.1) is 12.1 Å². The minimum atomic E-state index is -4.66. The average molecular weight is 418 g/mol. The van der Waals surface area contributed by atoms with Crippen molar-refractivity contribution >= 4 is 28.6 Å². The molecule has 1 heterocycles. The number of nitrogens with one attached hydrogen (secondary N) is 1. The van der Waals surface area contributed by atoms with Crippen LogP contribution in [0.4, 0.5) is 23.7 Å². The van der Waals surface area contributed by atoms with Crippen LogP contribution < -0.4 is 10.1 Å². The summed E-state index contributed by atoms with van der Waals surface area (Å²) in [4.78, 5) is 26.5. The zero-order valence-electron chi connectivity index (χ0n) is 14.7. The summed E-state index contributed by atoms with van der Waals surface area (Å²) >= 11 is 0.969. The molecule has 9 heteroatoms. The van der Waals surface area contributed by atoms with Gasteiger partial charge in [-0.1, -0.05) is 23.9 Å². The quantitative estimate of drug-likeness (QED) is 0.676. The highest BCUT2D eigenvalue weighted by Gasteiger charge is 2.41. The number of fused-ring (bicyclic) bond motifs is 1. The van der Waals surface area contributed by atoms with Crippen molar-refractivity contribution in [2.75, 3.05) is 0 Å². The van der Waals surface area contributed by atoms with E-state index in [2.05, 4.69) is 10.2 Å². The van der Waals surface area contributed by atoms with Gasteiger partial charge in [0.15, 0.2) is 5.69 Å². The molecule has 0 aromatic heterocycles. The van der Waals surface area contributed by atoms with Crippen LogP contribution in [0, 0.1) is 6.57 Å². The number of thioether (sulfide) groups is 1. The first-order chi connectivity index (χ1) is 13.8. The van der Waals surface area contributed by atoms with Crippen LogP contribution in [0.15, 0.2) is 36.4 Å². The number of carbonyl (C=O) groups excluding carboxylic acids is 2. The number of hydrogen-bond acceptors (Lipinski definition) is 4. The number of aryl methyl sites for hydroxylation is 1. The standard InChI is InChI=1S/C20H13F3N2O3S/c1-24-11-3-7-16(15(9-11)20(21,22)23)28-12-4-6-13-10(8-12)2-5-14(13)17-18(26)25-19(27)29-17/h3-4,6-9,14,17H,2,5H2,(H,25,26,27)/t14-,17?/m1/s1. The Labute approximate surface area is 168 Å². The lowest BCUT2D eigenvalue weighted by Crippen LogP contribution is -2.27. The summed E-state index contributed by atoms with van der Waals surface area (Å²) in [6.45, 7) is 6.90. The lowest BCUT2D eigenvalue weighted by Gasteiger charge is -2.17. The Morgan fingerprint density at radius 2 is 1.97 bits per heavy atom. The molecule has 0 spiro atoms. The summed E-state index contributed by atoms with van der Waals surface area (Å²) in [6, 6.07) is 8.13. The molecular formula is C20H13F3N2O3S. The molecule has 2 amide bonds. The summed E-state index contributed by atoms with van der Waals surface area (Å²) in [6.07, 6.45) is -3.35. The van der Waals surface area contributed by atoms with E-state index in [1.807, 2.05) is 0 Å². The maximum absolute atomic E-state index is 13.3. The molecule has 2 aliphatic rings. The topological polar surface area (TPSA) is 59.8 Å². The van der Waals surface area contributed by atoms with Gasteiger partial charge in [0.2, 0.25) is 5.91 Å². The van der Waals surface area contributed by atoms with Crippen molar-refractivity contribution < 1.29 is 27.5 Å². The van der Waals surface area contributed by atoms with Crippen molar-refractivity contribution in [2.24, 2.45) is 0 Å². The third-order valence-corrected chi connectivity index (χ3v) is 6.06. The van der Waals surface area contributed by atoms with Gasteiger partial charge in [-0.05, 0) is 48.2 Å². The van der Waals surface area contributed by atoms with Crippen molar-refractivity contribution in [3.8, 4) is 11.5 Å². The van der Waals surface area contributed by atoms with Gasteiger partial charge in [0.25, 0.3) is 5.24 Å². The van der Waals surface area contributed by atoms with Gasteiger partial charge in [-0.25, -0.2) is 4.85 Å². The highest BCUT2D eigenvalue weighted by molar-refractivity contribution is 8.15. The summed E-state index contributed by atoms with van der Waals surface area (Å²) in [7, 11) is 0. The monoisotopic (exact) mass is 418 g/mol. The highest BCUT2D eigenvalue weighted by atomic mass is 32.2. The van der Waals surface area contributed by atoms with Crippen LogP contribution in [-0.4, -0.2) is 16.4 Å². The second-order valence-electron chi connectivity index (χ2n) is 6.71. The van der Waals surface area contributed by atoms with Gasteiger partial charge >= 0.3 is 6.18 Å². The van der Waals surface area contributed by atoms with Crippen molar-refractivity contribution in [3.05, 3.63) is 64.5 Å². The molecule has 0 saturated carbocycles. The summed E-state index contributed by atoms with van der Waals surface area (Å²) in [5.74, 6) is -0.576. The van der Waals surface area contributed by atoms with Crippen molar-refractivity contribution in [2.45, 2.75) is 30.2 Å². The molecule has 4 rings (SSSR count). The van der Waals surface area contributed by atoms with Crippen LogP contribution in [0.25, 0.3) is 4.85 Å². The van der Waals surface area contributed by atoms with Crippen molar-refractivity contribution in [1.82, 2.24) is 5.32 Å². The van der Waals surface area contributed by atoms with Crippen LogP contribution in [0.1, 0.15) is 29.0 Å². The number of rotatable bonds is 3. The lowest BCUT2D eigenvalue weighted by atomic mass is 9.97. The smallest absolute Gasteiger partial charge is 0.418 e. The molecule has 29 heavy (non-hydrogen) atoms. The third kappa shape index (κ3) is 3.68. The minimum absolute atomic E-state index is 0.122. The zero-order chi connectivity index (χ0) is 20.8. The third-order valence-electron chi connectivity index (χ3n) is 4.95. The van der Waals surface area contributed by atoms with E-state index in [0.717, 1.165) is 35.0 Å². The van der Waals surface area contributed by atoms with Gasteiger partial charge < -0.3 is 4.74 Å². The van der Waals surface area contributed by atoms with E-state index in [0.29, 0.717) is 12.8 Å². The SMILES string of the molecule is [C-]#[N+]c1ccc(Oc2ccc3c(c2)CC[C@H]3C2SC(=O)NC2=O)c(C(F)(F)F)c1. The molecule has 2 aromatic rings. The number of benzene rings is 2. The Morgan fingerprint density at radius 3 is 2.62 bits per heavy atom. The maximum atomic E-state index is 13.3. The Hall–Kier alpha value is -2.99. The number of alkyl halides is 3. The zero-order valence-corrected chi connectivity index (χ0v) is 15.6. The van der Waals surface area contributed by atoms with E-state index in [4.69, 9.17) is 11.3 Å². The van der Waals surface area contributed by atoms with E-state index >= 15 is 0 Å². The summed E-state index contributed by atoms with van der Waals surface area (Å²) in [5, 5.41) is 1.42. The molecule has 1 N–H and O–H groups in total. The average Bonchev–Trinajstić information content (AvgIpc) is 3.22. The molecule has 5 nitrogen and oxygen atoms in total. The Morgan fingerprint density at radius 1 is 1.17 bits per heavy atom. The normalized spacial score (nSPS) is 20.9. The number of nitrogens with zero attached hydrogens (tertiary/aromatic N) is 1. The number of imide groups is 1. The van der Waals surface area contributed by atoms with Gasteiger partial charge in [0.1, 0.15) is 16.7 Å². The number of halogens is 3. The molecule has 1 aliphatic heterocycles. The molecule has 0 radical (unpaired) electrons. The van der Waals surface area contributed by atoms with E-state index in [-0.39, 0.29) is 34.3 Å². The fourth-order valence-corrected chi connectivity index (χ4v) is 4.67. The molecule has 0 bridgehead atoms. The Balaban J connectivity index is 1.61. The predicted octanol–water partition coefficient (Wildman–Crippen LogP) is 5.43. The predicted molar refractivity (Wildman–Crippen MR) is 100 cm³/mol. The lowest BCUT2D eigenvalue weighted by molar-refractivity contribution is -0.138. The fourth-order valence-electron chi connectivity index (χ4n) is 3.66. The van der Waals surface area contributed by atoms with Crippen LogP contribution in [0.3, 0.4) is 0 Å². The molecule has 1 unspecified atom stereocenters. The second kappa shape index (κ2) is 7.12. The summed E-state index contributed by atoms with van der Waals surface area (Å²) in [5.41, 5.74) is 0.649. The van der Waals surface area contributed by atoms with E-state index in [1.54, 1.807) is 18.2 Å². The van der Waals surface area contributed by atoms with E-state index in [1.165, 1.54) is 6.07 Å². The number of ether oxygens (including phenoxy) is 1. The molecule has 2 aromatic carbocycles. The fraction of sp³-hybridized carbons (Fsp3) is 0.250. The van der Waals surface area contributed by atoms with Crippen LogP contribution in [0.5, 0.6) is 11.5 Å². The molecule has 2 atom stereocenters. The molecular weight excluding hydrogens is 405 g/mol. The van der Waals surface area contributed by atoms with E-state index in [9.17, 15) is 22.8 Å². The Bertz CT molecular complexity index is 1060.